The van der Waals surface area contributed by atoms with Crippen LogP contribution in [-0.4, -0.2) is 0 Å². The normalized spacial score (nSPS) is 12.5. The third-order valence-electron chi connectivity index (χ3n) is 2.59. The van der Waals surface area contributed by atoms with E-state index in [2.05, 4.69) is 51.1 Å². The van der Waals surface area contributed by atoms with Gasteiger partial charge in [0.15, 0.2) is 0 Å². The van der Waals surface area contributed by atoms with Crippen molar-refractivity contribution in [2.24, 2.45) is 5.92 Å². The van der Waals surface area contributed by atoms with Crippen LogP contribution in [0.15, 0.2) is 24.3 Å². The molecule has 0 bridgehead atoms. The quantitative estimate of drug-likeness (QED) is 0.724. The lowest BCUT2D eigenvalue weighted by atomic mass is 9.95. The second-order valence-electron chi connectivity index (χ2n) is 4.43. The summed E-state index contributed by atoms with van der Waals surface area (Å²) in [6.45, 7) is 6.49. The second-order valence-corrected chi connectivity index (χ2v) is 4.43. The van der Waals surface area contributed by atoms with Gasteiger partial charge in [-0.2, -0.15) is 5.26 Å². The van der Waals surface area contributed by atoms with Crippen molar-refractivity contribution in [1.29, 1.82) is 5.26 Å². The van der Waals surface area contributed by atoms with E-state index < -0.39 is 0 Å². The first kappa shape index (κ1) is 11.8. The molecular formula is C14H19N. The van der Waals surface area contributed by atoms with E-state index in [1.54, 1.807) is 0 Å². The summed E-state index contributed by atoms with van der Waals surface area (Å²) < 4.78 is 0. The third kappa shape index (κ3) is 3.40. The Morgan fingerprint density at radius 2 is 1.80 bits per heavy atom. The molecule has 0 aliphatic rings. The lowest BCUT2D eigenvalue weighted by molar-refractivity contribution is 0.647. The van der Waals surface area contributed by atoms with Crippen LogP contribution in [0.2, 0.25) is 0 Å². The summed E-state index contributed by atoms with van der Waals surface area (Å²) >= 11 is 0. The van der Waals surface area contributed by atoms with Gasteiger partial charge in [-0.3, -0.25) is 0 Å². The van der Waals surface area contributed by atoms with Gasteiger partial charge in [-0.1, -0.05) is 45.0 Å². The predicted molar refractivity (Wildman–Crippen MR) is 63.6 cm³/mol. The fourth-order valence-electron chi connectivity index (χ4n) is 1.76. The van der Waals surface area contributed by atoms with Crippen LogP contribution in [0.3, 0.4) is 0 Å². The molecule has 0 saturated heterocycles. The minimum absolute atomic E-state index is 0.0538. The van der Waals surface area contributed by atoms with E-state index in [9.17, 15) is 0 Å². The van der Waals surface area contributed by atoms with Crippen LogP contribution in [0.25, 0.3) is 0 Å². The van der Waals surface area contributed by atoms with Crippen molar-refractivity contribution in [3.05, 3.63) is 35.4 Å². The van der Waals surface area contributed by atoms with Gasteiger partial charge in [0.1, 0.15) is 0 Å². The smallest absolute Gasteiger partial charge is 0.0710 e. The van der Waals surface area contributed by atoms with E-state index in [1.807, 2.05) is 0 Å². The largest absolute Gasteiger partial charge is 0.198 e. The molecule has 0 saturated carbocycles. The van der Waals surface area contributed by atoms with E-state index >= 15 is 0 Å². The first-order chi connectivity index (χ1) is 7.17. The molecule has 1 unspecified atom stereocenters. The Hall–Kier alpha value is -1.29. The molecule has 0 spiro atoms. The van der Waals surface area contributed by atoms with Crippen LogP contribution in [0, 0.1) is 17.2 Å². The van der Waals surface area contributed by atoms with Crippen molar-refractivity contribution in [2.45, 2.75) is 39.5 Å². The Morgan fingerprint density at radius 3 is 2.20 bits per heavy atom. The Labute approximate surface area is 92.7 Å². The van der Waals surface area contributed by atoms with E-state index in [0.29, 0.717) is 5.92 Å². The monoisotopic (exact) mass is 201 g/mol. The Morgan fingerprint density at radius 1 is 1.20 bits per heavy atom. The van der Waals surface area contributed by atoms with Crippen molar-refractivity contribution in [2.75, 3.05) is 0 Å². The molecule has 0 aliphatic carbocycles. The van der Waals surface area contributed by atoms with Gasteiger partial charge in [-0.05, 0) is 29.9 Å². The molecule has 0 radical (unpaired) electrons. The average molecular weight is 201 g/mol. The molecule has 1 heteroatoms. The SMILES string of the molecule is CCC(C#N)c1ccc(CC(C)C)cc1. The zero-order valence-corrected chi connectivity index (χ0v) is 9.83. The lowest BCUT2D eigenvalue weighted by Crippen LogP contribution is -1.96. The third-order valence-corrected chi connectivity index (χ3v) is 2.59. The van der Waals surface area contributed by atoms with Gasteiger partial charge in [0.05, 0.1) is 12.0 Å². The molecule has 1 aromatic rings. The average Bonchev–Trinajstić information content (AvgIpc) is 2.21. The number of nitriles is 1. The van der Waals surface area contributed by atoms with Crippen molar-refractivity contribution in [1.82, 2.24) is 0 Å². The van der Waals surface area contributed by atoms with Gasteiger partial charge >= 0.3 is 0 Å². The Kier molecular flexibility index (Phi) is 4.37. The molecule has 0 aromatic heterocycles. The van der Waals surface area contributed by atoms with E-state index in [4.69, 9.17) is 5.26 Å². The number of nitrogens with zero attached hydrogens (tertiary/aromatic N) is 1. The molecule has 1 atom stereocenters. The van der Waals surface area contributed by atoms with E-state index in [1.165, 1.54) is 5.56 Å². The van der Waals surface area contributed by atoms with Gasteiger partial charge in [0, 0.05) is 0 Å². The highest BCUT2D eigenvalue weighted by Gasteiger charge is 2.07. The predicted octanol–water partition coefficient (Wildman–Crippen LogP) is 3.90. The maximum atomic E-state index is 8.94. The molecule has 0 N–H and O–H groups in total. The molecule has 0 amide bonds. The zero-order chi connectivity index (χ0) is 11.3. The molecule has 15 heavy (non-hydrogen) atoms. The Balaban J connectivity index is 2.76. The fourth-order valence-corrected chi connectivity index (χ4v) is 1.76. The van der Waals surface area contributed by atoms with Crippen molar-refractivity contribution in [3.8, 4) is 6.07 Å². The number of rotatable bonds is 4. The first-order valence-electron chi connectivity index (χ1n) is 5.65. The van der Waals surface area contributed by atoms with Crippen molar-refractivity contribution in [3.63, 3.8) is 0 Å². The van der Waals surface area contributed by atoms with Gasteiger partial charge in [0.2, 0.25) is 0 Å². The molecule has 0 aliphatic heterocycles. The van der Waals surface area contributed by atoms with Crippen LogP contribution in [0.4, 0.5) is 0 Å². The lowest BCUT2D eigenvalue weighted by Gasteiger charge is -2.09. The van der Waals surface area contributed by atoms with Crippen LogP contribution >= 0.6 is 0 Å². The van der Waals surface area contributed by atoms with Crippen LogP contribution in [0.1, 0.15) is 44.2 Å². The van der Waals surface area contributed by atoms with E-state index in [0.717, 1.165) is 18.4 Å². The van der Waals surface area contributed by atoms with Gasteiger partial charge < -0.3 is 0 Å². The summed E-state index contributed by atoms with van der Waals surface area (Å²) in [5.41, 5.74) is 2.51. The molecule has 0 fully saturated rings. The molecule has 1 rings (SSSR count). The molecule has 1 nitrogen and oxygen atoms in total. The minimum atomic E-state index is 0.0538. The van der Waals surface area contributed by atoms with E-state index in [-0.39, 0.29) is 5.92 Å². The maximum Gasteiger partial charge on any atom is 0.0710 e. The standard InChI is InChI=1S/C14H19N/c1-4-13(10-15)14-7-5-12(6-8-14)9-11(2)3/h5-8,11,13H,4,9H2,1-3H3. The molecule has 0 heterocycles. The maximum absolute atomic E-state index is 8.94. The van der Waals surface area contributed by atoms with Gasteiger partial charge in [-0.15, -0.1) is 0 Å². The van der Waals surface area contributed by atoms with Crippen molar-refractivity contribution < 1.29 is 0 Å². The van der Waals surface area contributed by atoms with Gasteiger partial charge in [0.25, 0.3) is 0 Å². The highest BCUT2D eigenvalue weighted by molar-refractivity contribution is 5.28. The van der Waals surface area contributed by atoms with Gasteiger partial charge in [-0.25, -0.2) is 0 Å². The number of benzene rings is 1. The minimum Gasteiger partial charge on any atom is -0.198 e. The summed E-state index contributed by atoms with van der Waals surface area (Å²) in [6.07, 6.45) is 2.00. The fraction of sp³-hybridized carbons (Fsp3) is 0.500. The summed E-state index contributed by atoms with van der Waals surface area (Å²) in [5, 5.41) is 8.94. The summed E-state index contributed by atoms with van der Waals surface area (Å²) in [5.74, 6) is 0.742. The zero-order valence-electron chi connectivity index (χ0n) is 9.83. The Bertz CT molecular complexity index is 329. The topological polar surface area (TPSA) is 23.8 Å². The second kappa shape index (κ2) is 5.56. The highest BCUT2D eigenvalue weighted by Crippen LogP contribution is 2.19. The number of hydrogen-bond donors (Lipinski definition) is 0. The number of hydrogen-bond acceptors (Lipinski definition) is 1. The van der Waals surface area contributed by atoms with Crippen LogP contribution in [-0.2, 0) is 6.42 Å². The highest BCUT2D eigenvalue weighted by atomic mass is 14.3. The van der Waals surface area contributed by atoms with Crippen LogP contribution < -0.4 is 0 Å². The summed E-state index contributed by atoms with van der Waals surface area (Å²) in [6, 6.07) is 10.8. The first-order valence-corrected chi connectivity index (χ1v) is 5.65. The molecular weight excluding hydrogens is 182 g/mol. The van der Waals surface area contributed by atoms with Crippen LogP contribution in [0.5, 0.6) is 0 Å². The molecule has 1 aromatic carbocycles. The summed E-state index contributed by atoms with van der Waals surface area (Å²) in [7, 11) is 0. The summed E-state index contributed by atoms with van der Waals surface area (Å²) in [4.78, 5) is 0. The van der Waals surface area contributed by atoms with Crippen molar-refractivity contribution >= 4 is 0 Å². The molecule has 80 valence electrons.